The van der Waals surface area contributed by atoms with Crippen molar-refractivity contribution in [1.29, 1.82) is 0 Å². The van der Waals surface area contributed by atoms with E-state index in [1.54, 1.807) is 31.3 Å². The van der Waals surface area contributed by atoms with E-state index < -0.39 is 5.82 Å². The fourth-order valence-corrected chi connectivity index (χ4v) is 2.85. The Balaban J connectivity index is 2.16. The minimum absolute atomic E-state index is 0.163. The number of aromatic nitrogens is 3. The number of halogens is 4. The Morgan fingerprint density at radius 1 is 1.05 bits per heavy atom. The molecule has 112 valence electrons. The molecule has 22 heavy (non-hydrogen) atoms. The molecule has 0 unspecified atom stereocenters. The lowest BCUT2D eigenvalue weighted by Gasteiger charge is -2.03. The number of benzene rings is 2. The summed E-state index contributed by atoms with van der Waals surface area (Å²) in [7, 11) is 1.70. The van der Waals surface area contributed by atoms with Crippen molar-refractivity contribution in [3.63, 3.8) is 0 Å². The van der Waals surface area contributed by atoms with Crippen LogP contribution in [0.2, 0.25) is 15.1 Å². The van der Waals surface area contributed by atoms with Crippen molar-refractivity contribution in [3.8, 4) is 22.8 Å². The van der Waals surface area contributed by atoms with Crippen LogP contribution in [0.4, 0.5) is 4.39 Å². The van der Waals surface area contributed by atoms with E-state index in [-0.39, 0.29) is 16.4 Å². The molecule has 0 radical (unpaired) electrons. The second-order valence-electron chi connectivity index (χ2n) is 4.60. The Kier molecular flexibility index (Phi) is 4.08. The van der Waals surface area contributed by atoms with Crippen LogP contribution in [-0.4, -0.2) is 14.8 Å². The van der Waals surface area contributed by atoms with Crippen LogP contribution >= 0.6 is 34.8 Å². The molecule has 0 fully saturated rings. The first-order valence-corrected chi connectivity index (χ1v) is 7.41. The fourth-order valence-electron chi connectivity index (χ4n) is 2.11. The highest BCUT2D eigenvalue weighted by Crippen LogP contribution is 2.33. The van der Waals surface area contributed by atoms with Crippen LogP contribution in [0.5, 0.6) is 0 Å². The van der Waals surface area contributed by atoms with Crippen molar-refractivity contribution in [1.82, 2.24) is 14.8 Å². The van der Waals surface area contributed by atoms with Gasteiger partial charge in [0.25, 0.3) is 0 Å². The van der Waals surface area contributed by atoms with Crippen LogP contribution < -0.4 is 0 Å². The molecule has 7 heteroatoms. The summed E-state index contributed by atoms with van der Waals surface area (Å²) < 4.78 is 15.5. The van der Waals surface area contributed by atoms with Gasteiger partial charge >= 0.3 is 0 Å². The number of hydrogen-bond donors (Lipinski definition) is 0. The maximum Gasteiger partial charge on any atom is 0.186 e. The molecule has 0 aliphatic heterocycles. The lowest BCUT2D eigenvalue weighted by atomic mass is 10.2. The van der Waals surface area contributed by atoms with Gasteiger partial charge in [-0.05, 0) is 30.3 Å². The van der Waals surface area contributed by atoms with Gasteiger partial charge in [0.15, 0.2) is 11.6 Å². The monoisotopic (exact) mass is 355 g/mol. The van der Waals surface area contributed by atoms with Gasteiger partial charge in [-0.1, -0.05) is 40.9 Å². The molecule has 0 spiro atoms. The smallest absolute Gasteiger partial charge is 0.186 e. The predicted octanol–water partition coefficient (Wildman–Crippen LogP) is 5.25. The molecule has 3 rings (SSSR count). The highest BCUT2D eigenvalue weighted by Gasteiger charge is 2.18. The number of hydrogen-bond acceptors (Lipinski definition) is 2. The van der Waals surface area contributed by atoms with Gasteiger partial charge in [0.2, 0.25) is 0 Å². The summed E-state index contributed by atoms with van der Waals surface area (Å²) in [5.74, 6) is 0.217. The Hall–Kier alpha value is -1.62. The second-order valence-corrected chi connectivity index (χ2v) is 5.85. The van der Waals surface area contributed by atoms with E-state index in [9.17, 15) is 4.39 Å². The Bertz CT molecular complexity index is 841. The SMILES string of the molecule is Cn1nc(-c2c(F)cccc2Cl)nc1-c1ccc(Cl)cc1Cl. The van der Waals surface area contributed by atoms with Crippen molar-refractivity contribution in [2.45, 2.75) is 0 Å². The molecular formula is C15H9Cl3FN3. The molecule has 0 bridgehead atoms. The van der Waals surface area contributed by atoms with Crippen LogP contribution in [0.1, 0.15) is 0 Å². The van der Waals surface area contributed by atoms with E-state index in [2.05, 4.69) is 10.1 Å². The summed E-state index contributed by atoms with van der Waals surface area (Å²) in [5, 5.41) is 5.44. The molecule has 1 heterocycles. The second kappa shape index (κ2) is 5.88. The molecule has 3 aromatic rings. The van der Waals surface area contributed by atoms with Crippen molar-refractivity contribution in [3.05, 3.63) is 57.3 Å². The summed E-state index contributed by atoms with van der Waals surface area (Å²) in [6.07, 6.45) is 0. The molecule has 1 aromatic heterocycles. The zero-order chi connectivity index (χ0) is 15.9. The Labute approximate surface area is 141 Å². The number of rotatable bonds is 2. The van der Waals surface area contributed by atoms with Crippen LogP contribution in [0.3, 0.4) is 0 Å². The first-order chi connectivity index (χ1) is 10.5. The lowest BCUT2D eigenvalue weighted by molar-refractivity contribution is 0.629. The van der Waals surface area contributed by atoms with Crippen LogP contribution in [0.15, 0.2) is 36.4 Å². The van der Waals surface area contributed by atoms with Gasteiger partial charge in [-0.2, -0.15) is 5.10 Å². The maximum absolute atomic E-state index is 14.0. The molecule has 0 saturated carbocycles. The number of aryl methyl sites for hydroxylation is 1. The quantitative estimate of drug-likeness (QED) is 0.628. The van der Waals surface area contributed by atoms with Gasteiger partial charge in [-0.15, -0.1) is 0 Å². The van der Waals surface area contributed by atoms with Gasteiger partial charge in [-0.25, -0.2) is 14.1 Å². The third kappa shape index (κ3) is 2.70. The average Bonchev–Trinajstić information content (AvgIpc) is 2.80. The lowest BCUT2D eigenvalue weighted by Crippen LogP contribution is -1.95. The highest BCUT2D eigenvalue weighted by molar-refractivity contribution is 6.36. The zero-order valence-corrected chi connectivity index (χ0v) is 13.6. The summed E-state index contributed by atoms with van der Waals surface area (Å²) in [6.45, 7) is 0. The first kappa shape index (κ1) is 15.3. The van der Waals surface area contributed by atoms with Gasteiger partial charge in [0, 0.05) is 17.6 Å². The first-order valence-electron chi connectivity index (χ1n) is 6.28. The van der Waals surface area contributed by atoms with E-state index in [0.717, 1.165) is 0 Å². The zero-order valence-electron chi connectivity index (χ0n) is 11.3. The minimum Gasteiger partial charge on any atom is -0.248 e. The van der Waals surface area contributed by atoms with E-state index in [4.69, 9.17) is 34.8 Å². The van der Waals surface area contributed by atoms with Crippen LogP contribution in [0, 0.1) is 5.82 Å². The topological polar surface area (TPSA) is 30.7 Å². The fraction of sp³-hybridized carbons (Fsp3) is 0.0667. The molecule has 0 N–H and O–H groups in total. The molecule has 2 aromatic carbocycles. The molecular weight excluding hydrogens is 348 g/mol. The van der Waals surface area contributed by atoms with Crippen LogP contribution in [0.25, 0.3) is 22.8 Å². The molecule has 0 aliphatic carbocycles. The molecule has 0 atom stereocenters. The predicted molar refractivity (Wildman–Crippen MR) is 86.9 cm³/mol. The van der Waals surface area contributed by atoms with Gasteiger partial charge in [0.05, 0.1) is 15.6 Å². The molecule has 0 aliphatic rings. The van der Waals surface area contributed by atoms with E-state index in [1.165, 1.54) is 16.8 Å². The summed E-state index contributed by atoms with van der Waals surface area (Å²) in [5.41, 5.74) is 0.816. The van der Waals surface area contributed by atoms with Gasteiger partial charge < -0.3 is 0 Å². The molecule has 0 amide bonds. The minimum atomic E-state index is -0.480. The average molecular weight is 357 g/mol. The summed E-state index contributed by atoms with van der Waals surface area (Å²) in [4.78, 5) is 4.36. The summed E-state index contributed by atoms with van der Waals surface area (Å²) >= 11 is 18.1. The summed E-state index contributed by atoms with van der Waals surface area (Å²) in [6, 6.07) is 9.48. The molecule has 3 nitrogen and oxygen atoms in total. The third-order valence-electron chi connectivity index (χ3n) is 3.12. The van der Waals surface area contributed by atoms with E-state index >= 15 is 0 Å². The van der Waals surface area contributed by atoms with E-state index in [0.29, 0.717) is 21.4 Å². The van der Waals surface area contributed by atoms with Crippen LogP contribution in [-0.2, 0) is 7.05 Å². The van der Waals surface area contributed by atoms with Crippen molar-refractivity contribution in [2.24, 2.45) is 7.05 Å². The van der Waals surface area contributed by atoms with E-state index in [1.807, 2.05) is 0 Å². The van der Waals surface area contributed by atoms with Crippen molar-refractivity contribution < 1.29 is 4.39 Å². The third-order valence-corrected chi connectivity index (χ3v) is 3.98. The Morgan fingerprint density at radius 3 is 2.50 bits per heavy atom. The van der Waals surface area contributed by atoms with Crippen molar-refractivity contribution >= 4 is 34.8 Å². The largest absolute Gasteiger partial charge is 0.248 e. The van der Waals surface area contributed by atoms with Gasteiger partial charge in [-0.3, -0.25) is 0 Å². The molecule has 0 saturated heterocycles. The standard InChI is InChI=1S/C15H9Cl3FN3/c1-22-15(9-6-5-8(16)7-11(9)18)20-14(21-22)13-10(17)3-2-4-12(13)19/h2-7H,1H3. The highest BCUT2D eigenvalue weighted by atomic mass is 35.5. The van der Waals surface area contributed by atoms with Gasteiger partial charge in [0.1, 0.15) is 5.82 Å². The maximum atomic E-state index is 14.0. The van der Waals surface area contributed by atoms with Crippen molar-refractivity contribution in [2.75, 3.05) is 0 Å². The normalized spacial score (nSPS) is 11.0. The number of nitrogens with zero attached hydrogens (tertiary/aromatic N) is 3. The Morgan fingerprint density at radius 2 is 1.82 bits per heavy atom.